The second kappa shape index (κ2) is 5.30. The molecule has 0 saturated carbocycles. The molecule has 0 spiro atoms. The predicted molar refractivity (Wildman–Crippen MR) is 62.4 cm³/mol. The molecule has 2 rings (SSSR count). The van der Waals surface area contributed by atoms with E-state index in [0.717, 1.165) is 5.56 Å². The second-order valence-electron chi connectivity index (χ2n) is 3.64. The van der Waals surface area contributed by atoms with Crippen molar-refractivity contribution in [3.63, 3.8) is 0 Å². The molecule has 0 atom stereocenters. The Morgan fingerprint density at radius 1 is 1.28 bits per heavy atom. The minimum atomic E-state index is -3.99. The Kier molecular flexibility index (Phi) is 3.76. The van der Waals surface area contributed by atoms with Crippen molar-refractivity contribution >= 4 is 7.60 Å². The summed E-state index contributed by atoms with van der Waals surface area (Å²) in [7, 11) is -3.99. The van der Waals surface area contributed by atoms with E-state index in [1.165, 1.54) is 4.68 Å². The number of hydrogen-bond donors (Lipinski definition) is 2. The minimum absolute atomic E-state index is 0.167. The summed E-state index contributed by atoms with van der Waals surface area (Å²) in [5, 5.41) is 4.05. The van der Waals surface area contributed by atoms with Crippen molar-refractivity contribution in [2.45, 2.75) is 6.54 Å². The van der Waals surface area contributed by atoms with Gasteiger partial charge in [-0.05, 0) is 11.2 Å². The monoisotopic (exact) mass is 267 g/mol. The Bertz CT molecular complexity index is 555. The van der Waals surface area contributed by atoms with Crippen LogP contribution in [0.25, 0.3) is 11.4 Å². The second-order valence-corrected chi connectivity index (χ2v) is 5.42. The lowest BCUT2D eigenvalue weighted by molar-refractivity contribution is -0.750. The fourth-order valence-electron chi connectivity index (χ4n) is 1.33. The molecule has 8 heteroatoms. The average molecular weight is 267 g/mol. The lowest BCUT2D eigenvalue weighted by Crippen LogP contribution is -2.38. The molecule has 2 N–H and O–H groups in total. The third kappa shape index (κ3) is 3.66. The molecule has 2 heterocycles. The van der Waals surface area contributed by atoms with Crippen LogP contribution >= 0.6 is 7.60 Å². The molecule has 7 nitrogen and oxygen atoms in total. The molecule has 2 aromatic rings. The molecule has 0 amide bonds. The van der Waals surface area contributed by atoms with Crippen LogP contribution in [0.2, 0.25) is 0 Å². The van der Waals surface area contributed by atoms with Crippen LogP contribution in [0, 0.1) is 0 Å². The Morgan fingerprint density at radius 2 is 2.00 bits per heavy atom. The van der Waals surface area contributed by atoms with Gasteiger partial charge in [0.15, 0.2) is 18.6 Å². The molecule has 18 heavy (non-hydrogen) atoms. The normalized spacial score (nSPS) is 11.4. The molecule has 0 fully saturated rings. The molecule has 0 radical (unpaired) electrons. The van der Waals surface area contributed by atoms with Gasteiger partial charge in [-0.3, -0.25) is 4.57 Å². The van der Waals surface area contributed by atoms with Gasteiger partial charge in [0.05, 0.1) is 0 Å². The third-order valence-electron chi connectivity index (χ3n) is 2.22. The van der Waals surface area contributed by atoms with E-state index in [0.29, 0.717) is 5.82 Å². The van der Waals surface area contributed by atoms with E-state index < -0.39 is 7.60 Å². The standard InChI is InChI=1S/C10H11N4O3P/c15-18(16,17)7-6-14-5-2-9(8-13-14)10-11-3-1-4-12-10/h1-5,8H,6-7H2,(H-,15,16,17)/p+1. The van der Waals surface area contributed by atoms with E-state index in [-0.39, 0.29) is 12.7 Å². The molecule has 2 aromatic heterocycles. The summed E-state index contributed by atoms with van der Waals surface area (Å²) < 4.78 is 12.2. The zero-order valence-electron chi connectivity index (χ0n) is 9.42. The molecule has 0 aromatic carbocycles. The molecule has 94 valence electrons. The van der Waals surface area contributed by atoms with Gasteiger partial charge in [-0.15, -0.1) is 0 Å². The van der Waals surface area contributed by atoms with Crippen molar-refractivity contribution in [1.29, 1.82) is 0 Å². The fourth-order valence-corrected chi connectivity index (χ4v) is 1.80. The van der Waals surface area contributed by atoms with Crippen LogP contribution in [0.4, 0.5) is 0 Å². The van der Waals surface area contributed by atoms with Crippen LogP contribution in [-0.2, 0) is 11.1 Å². The van der Waals surface area contributed by atoms with Gasteiger partial charge >= 0.3 is 7.60 Å². The van der Waals surface area contributed by atoms with Crippen LogP contribution in [0.5, 0.6) is 0 Å². The van der Waals surface area contributed by atoms with E-state index in [4.69, 9.17) is 9.79 Å². The van der Waals surface area contributed by atoms with Gasteiger partial charge in [0, 0.05) is 24.0 Å². The highest BCUT2D eigenvalue weighted by atomic mass is 31.2. The number of aromatic nitrogens is 4. The van der Waals surface area contributed by atoms with Crippen molar-refractivity contribution in [2.75, 3.05) is 6.16 Å². The van der Waals surface area contributed by atoms with Gasteiger partial charge in [-0.25, -0.2) is 9.97 Å². The maximum absolute atomic E-state index is 10.7. The van der Waals surface area contributed by atoms with Crippen molar-refractivity contribution in [3.8, 4) is 11.4 Å². The highest BCUT2D eigenvalue weighted by Gasteiger charge is 2.17. The van der Waals surface area contributed by atoms with Crippen molar-refractivity contribution in [1.82, 2.24) is 15.1 Å². The SMILES string of the molecule is O=P(O)(O)CC[n+]1ccc(-c2ncccn2)cn1. The van der Waals surface area contributed by atoms with Gasteiger partial charge < -0.3 is 9.79 Å². The van der Waals surface area contributed by atoms with Crippen LogP contribution in [0.15, 0.2) is 36.9 Å². The quantitative estimate of drug-likeness (QED) is 0.597. The highest BCUT2D eigenvalue weighted by Crippen LogP contribution is 2.33. The number of aryl methyl sites for hydroxylation is 1. The van der Waals surface area contributed by atoms with E-state index in [9.17, 15) is 4.57 Å². The first-order valence-electron chi connectivity index (χ1n) is 5.22. The maximum atomic E-state index is 10.7. The average Bonchev–Trinajstić information content (AvgIpc) is 2.37. The third-order valence-corrected chi connectivity index (χ3v) is 3.00. The number of nitrogens with zero attached hydrogens (tertiary/aromatic N) is 4. The Hall–Kier alpha value is -1.69. The van der Waals surface area contributed by atoms with Crippen LogP contribution in [0.3, 0.4) is 0 Å². The Labute approximate surface area is 103 Å². The lowest BCUT2D eigenvalue weighted by Gasteiger charge is -2.00. The minimum Gasteiger partial charge on any atom is -0.324 e. The van der Waals surface area contributed by atoms with Crippen LogP contribution in [-0.4, -0.2) is 31.0 Å². The first kappa shape index (κ1) is 12.8. The van der Waals surface area contributed by atoms with E-state index in [1.54, 1.807) is 36.9 Å². The van der Waals surface area contributed by atoms with E-state index in [1.807, 2.05) is 0 Å². The van der Waals surface area contributed by atoms with Gasteiger partial charge in [-0.2, -0.15) is 0 Å². The number of hydrogen-bond acceptors (Lipinski definition) is 4. The molecule has 0 aliphatic heterocycles. The number of rotatable bonds is 4. The fraction of sp³-hybridized carbons (Fsp3) is 0.200. The van der Waals surface area contributed by atoms with Crippen molar-refractivity contribution in [3.05, 3.63) is 36.9 Å². The van der Waals surface area contributed by atoms with Crippen molar-refractivity contribution < 1.29 is 19.0 Å². The molecule has 0 saturated heterocycles. The topological polar surface area (TPSA) is 100 Å². The summed E-state index contributed by atoms with van der Waals surface area (Å²) >= 11 is 0. The summed E-state index contributed by atoms with van der Waals surface area (Å²) in [5.74, 6) is 0.562. The van der Waals surface area contributed by atoms with E-state index in [2.05, 4.69) is 15.1 Å². The lowest BCUT2D eigenvalue weighted by atomic mass is 10.3. The first-order valence-corrected chi connectivity index (χ1v) is 7.02. The summed E-state index contributed by atoms with van der Waals surface area (Å²) in [4.78, 5) is 25.7. The smallest absolute Gasteiger partial charge is 0.324 e. The molecular weight excluding hydrogens is 255 g/mol. The highest BCUT2D eigenvalue weighted by molar-refractivity contribution is 7.51. The van der Waals surface area contributed by atoms with E-state index >= 15 is 0 Å². The van der Waals surface area contributed by atoms with Gasteiger partial charge in [0.2, 0.25) is 0 Å². The zero-order chi connectivity index (χ0) is 13.0. The molecule has 0 aliphatic carbocycles. The predicted octanol–water partition coefficient (Wildman–Crippen LogP) is 0.00380. The van der Waals surface area contributed by atoms with Gasteiger partial charge in [0.25, 0.3) is 0 Å². The summed E-state index contributed by atoms with van der Waals surface area (Å²) in [6.07, 6.45) is 6.25. The van der Waals surface area contributed by atoms with Gasteiger partial charge in [-0.1, -0.05) is 4.68 Å². The Balaban J connectivity index is 2.09. The van der Waals surface area contributed by atoms with Crippen LogP contribution in [0.1, 0.15) is 0 Å². The maximum Gasteiger partial charge on any atom is 0.332 e. The molecular formula is C10H12N4O3P+. The largest absolute Gasteiger partial charge is 0.332 e. The molecule has 0 aliphatic rings. The van der Waals surface area contributed by atoms with Crippen molar-refractivity contribution in [2.24, 2.45) is 0 Å². The van der Waals surface area contributed by atoms with Gasteiger partial charge in [0.1, 0.15) is 12.4 Å². The summed E-state index contributed by atoms with van der Waals surface area (Å²) in [6, 6.07) is 3.47. The zero-order valence-corrected chi connectivity index (χ0v) is 10.3. The summed E-state index contributed by atoms with van der Waals surface area (Å²) in [5.41, 5.74) is 0.753. The summed E-state index contributed by atoms with van der Waals surface area (Å²) in [6.45, 7) is 0.167. The molecule has 0 bridgehead atoms. The molecule has 0 unspecified atom stereocenters. The Morgan fingerprint density at radius 3 is 2.56 bits per heavy atom. The first-order chi connectivity index (χ1) is 8.54. The van der Waals surface area contributed by atoms with Crippen LogP contribution < -0.4 is 4.68 Å².